The first-order chi connectivity index (χ1) is 7.65. The third kappa shape index (κ3) is 3.43. The van der Waals surface area contributed by atoms with Gasteiger partial charge in [-0.3, -0.25) is 0 Å². The van der Waals surface area contributed by atoms with E-state index in [1.807, 2.05) is 0 Å². The number of aromatic hydroxyl groups is 1. The van der Waals surface area contributed by atoms with Gasteiger partial charge in [0.15, 0.2) is 0 Å². The molecule has 1 aromatic carbocycles. The topological polar surface area (TPSA) is 87.0 Å². The molecule has 0 heterocycles. The molecule has 88 valence electrons. The molecule has 5 nitrogen and oxygen atoms in total. The number of rotatable bonds is 6. The number of benzene rings is 1. The van der Waals surface area contributed by atoms with Crippen molar-refractivity contribution in [3.8, 4) is 11.5 Å². The number of aliphatic hydroxyl groups is 1. The second-order valence-electron chi connectivity index (χ2n) is 3.26. The summed E-state index contributed by atoms with van der Waals surface area (Å²) in [5.41, 5.74) is -0.150. The quantitative estimate of drug-likeness (QED) is 0.635. The maximum atomic E-state index is 10.6. The molecule has 3 N–H and O–H groups in total. The highest BCUT2D eigenvalue weighted by molar-refractivity contribution is 5.90. The van der Waals surface area contributed by atoms with Gasteiger partial charge < -0.3 is 20.1 Å². The molecule has 0 radical (unpaired) electrons. The number of aromatic carboxylic acids is 1. The lowest BCUT2D eigenvalue weighted by Crippen LogP contribution is -2.00. The molecule has 0 aliphatic heterocycles. The molecule has 0 fully saturated rings. The third-order valence-electron chi connectivity index (χ3n) is 2.02. The smallest absolute Gasteiger partial charge is 0.339 e. The lowest BCUT2D eigenvalue weighted by molar-refractivity contribution is 0.0693. The summed E-state index contributed by atoms with van der Waals surface area (Å²) in [7, 11) is 0. The summed E-state index contributed by atoms with van der Waals surface area (Å²) in [5.74, 6) is -1.07. The molecule has 1 rings (SSSR count). The highest BCUT2D eigenvalue weighted by Crippen LogP contribution is 2.23. The first-order valence-electron chi connectivity index (χ1n) is 4.95. The van der Waals surface area contributed by atoms with Crippen molar-refractivity contribution in [2.45, 2.75) is 12.8 Å². The second kappa shape index (κ2) is 5.97. The zero-order chi connectivity index (χ0) is 12.0. The fourth-order valence-electron chi connectivity index (χ4n) is 1.19. The molecule has 0 saturated heterocycles. The Bertz CT molecular complexity index is 361. The molecule has 0 saturated carbocycles. The summed E-state index contributed by atoms with van der Waals surface area (Å²) >= 11 is 0. The van der Waals surface area contributed by atoms with Crippen LogP contribution in [0.25, 0.3) is 0 Å². The number of hydrogen-bond acceptors (Lipinski definition) is 4. The predicted molar refractivity (Wildman–Crippen MR) is 56.9 cm³/mol. The van der Waals surface area contributed by atoms with Crippen LogP contribution in [0.1, 0.15) is 23.2 Å². The van der Waals surface area contributed by atoms with Gasteiger partial charge in [0.05, 0.1) is 6.61 Å². The largest absolute Gasteiger partial charge is 0.507 e. The number of unbranched alkanes of at least 4 members (excludes halogenated alkanes) is 1. The molecule has 0 unspecified atom stereocenters. The van der Waals surface area contributed by atoms with E-state index in [4.69, 9.17) is 14.9 Å². The predicted octanol–water partition coefficient (Wildman–Crippen LogP) is 1.24. The first-order valence-corrected chi connectivity index (χ1v) is 4.95. The van der Waals surface area contributed by atoms with Crippen LogP contribution in [0.3, 0.4) is 0 Å². The molecule has 0 aliphatic carbocycles. The number of ether oxygens (including phenoxy) is 1. The van der Waals surface area contributed by atoms with Crippen LogP contribution in [0.4, 0.5) is 0 Å². The number of carboxylic acid groups (broad SMARTS) is 1. The van der Waals surface area contributed by atoms with E-state index in [0.29, 0.717) is 25.2 Å². The van der Waals surface area contributed by atoms with E-state index in [1.54, 1.807) is 0 Å². The molecule has 0 spiro atoms. The van der Waals surface area contributed by atoms with Gasteiger partial charge in [0.1, 0.15) is 17.1 Å². The zero-order valence-electron chi connectivity index (χ0n) is 8.72. The molecule has 1 aromatic rings. The van der Waals surface area contributed by atoms with Gasteiger partial charge in [-0.2, -0.15) is 0 Å². The van der Waals surface area contributed by atoms with Gasteiger partial charge in [-0.25, -0.2) is 4.79 Å². The van der Waals surface area contributed by atoms with Gasteiger partial charge >= 0.3 is 5.97 Å². The summed E-state index contributed by atoms with van der Waals surface area (Å²) in [6.07, 6.45) is 1.36. The molecular weight excluding hydrogens is 212 g/mol. The minimum absolute atomic E-state index is 0.118. The van der Waals surface area contributed by atoms with Crippen LogP contribution < -0.4 is 4.74 Å². The molecule has 16 heavy (non-hydrogen) atoms. The summed E-state index contributed by atoms with van der Waals surface area (Å²) < 4.78 is 5.26. The average Bonchev–Trinajstić information content (AvgIpc) is 2.24. The zero-order valence-corrected chi connectivity index (χ0v) is 8.72. The number of aliphatic hydroxyl groups excluding tert-OH is 1. The highest BCUT2D eigenvalue weighted by atomic mass is 16.5. The fourth-order valence-corrected chi connectivity index (χ4v) is 1.19. The lowest BCUT2D eigenvalue weighted by atomic mass is 10.2. The van der Waals surface area contributed by atoms with E-state index in [2.05, 4.69) is 0 Å². The van der Waals surface area contributed by atoms with Crippen LogP contribution in [0.5, 0.6) is 11.5 Å². The Balaban J connectivity index is 2.56. The molecule has 0 aliphatic rings. The van der Waals surface area contributed by atoms with Crippen molar-refractivity contribution in [1.29, 1.82) is 0 Å². The molecule has 0 atom stereocenters. The summed E-state index contributed by atoms with van der Waals surface area (Å²) in [4.78, 5) is 10.6. The Morgan fingerprint density at radius 2 is 2.06 bits per heavy atom. The number of carboxylic acids is 1. The highest BCUT2D eigenvalue weighted by Gasteiger charge is 2.09. The molecule has 0 amide bonds. The van der Waals surface area contributed by atoms with E-state index in [9.17, 15) is 9.90 Å². The van der Waals surface area contributed by atoms with E-state index >= 15 is 0 Å². The van der Waals surface area contributed by atoms with Crippen LogP contribution in [-0.2, 0) is 0 Å². The number of phenols is 1. The third-order valence-corrected chi connectivity index (χ3v) is 2.02. The minimum atomic E-state index is -1.18. The Labute approximate surface area is 92.9 Å². The van der Waals surface area contributed by atoms with Crippen molar-refractivity contribution in [3.63, 3.8) is 0 Å². The molecule has 0 bridgehead atoms. The van der Waals surface area contributed by atoms with Gasteiger partial charge in [0.2, 0.25) is 0 Å². The standard InChI is InChI=1S/C11H14O5/c12-5-1-2-6-16-8-3-4-9(11(14)15)10(13)7-8/h3-4,7,12-13H,1-2,5-6H2,(H,14,15). The number of carbonyl (C=O) groups is 1. The van der Waals surface area contributed by atoms with Gasteiger partial charge in [0, 0.05) is 12.7 Å². The maximum Gasteiger partial charge on any atom is 0.339 e. The van der Waals surface area contributed by atoms with Gasteiger partial charge in [-0.15, -0.1) is 0 Å². The van der Waals surface area contributed by atoms with Crippen molar-refractivity contribution in [1.82, 2.24) is 0 Å². The minimum Gasteiger partial charge on any atom is -0.507 e. The summed E-state index contributed by atoms with van der Waals surface area (Å²) in [6.45, 7) is 0.541. The van der Waals surface area contributed by atoms with Crippen LogP contribution in [0.2, 0.25) is 0 Å². The van der Waals surface area contributed by atoms with E-state index < -0.39 is 5.97 Å². The summed E-state index contributed by atoms with van der Waals surface area (Å²) in [5, 5.41) is 26.6. The maximum absolute atomic E-state index is 10.6. The van der Waals surface area contributed by atoms with Crippen LogP contribution >= 0.6 is 0 Å². The number of hydrogen-bond donors (Lipinski definition) is 3. The lowest BCUT2D eigenvalue weighted by Gasteiger charge is -2.07. The van der Waals surface area contributed by atoms with Crippen molar-refractivity contribution >= 4 is 5.97 Å². The fraction of sp³-hybridized carbons (Fsp3) is 0.364. The Hall–Kier alpha value is -1.75. The first kappa shape index (κ1) is 12.3. The van der Waals surface area contributed by atoms with Gasteiger partial charge in [-0.05, 0) is 25.0 Å². The average molecular weight is 226 g/mol. The van der Waals surface area contributed by atoms with Crippen molar-refractivity contribution in [2.75, 3.05) is 13.2 Å². The van der Waals surface area contributed by atoms with Crippen molar-refractivity contribution in [2.24, 2.45) is 0 Å². The van der Waals surface area contributed by atoms with E-state index in [-0.39, 0.29) is 17.9 Å². The van der Waals surface area contributed by atoms with E-state index in [0.717, 1.165) is 0 Å². The second-order valence-corrected chi connectivity index (χ2v) is 3.26. The van der Waals surface area contributed by atoms with E-state index in [1.165, 1.54) is 18.2 Å². The SMILES string of the molecule is O=C(O)c1ccc(OCCCCO)cc1O. The van der Waals surface area contributed by atoms with Crippen LogP contribution in [0, 0.1) is 0 Å². The van der Waals surface area contributed by atoms with Gasteiger partial charge in [-0.1, -0.05) is 0 Å². The van der Waals surface area contributed by atoms with Crippen LogP contribution in [-0.4, -0.2) is 34.5 Å². The van der Waals surface area contributed by atoms with Crippen molar-refractivity contribution in [3.05, 3.63) is 23.8 Å². The Morgan fingerprint density at radius 1 is 1.31 bits per heavy atom. The summed E-state index contributed by atoms with van der Waals surface area (Å²) in [6, 6.07) is 4.05. The molecular formula is C11H14O5. The monoisotopic (exact) mass is 226 g/mol. The Morgan fingerprint density at radius 3 is 2.62 bits per heavy atom. The Kier molecular flexibility index (Phi) is 4.60. The van der Waals surface area contributed by atoms with Gasteiger partial charge in [0.25, 0.3) is 0 Å². The normalized spacial score (nSPS) is 10.1. The molecule has 5 heteroatoms. The molecule has 0 aromatic heterocycles. The van der Waals surface area contributed by atoms with Crippen molar-refractivity contribution < 1.29 is 24.9 Å². The van der Waals surface area contributed by atoms with Crippen LogP contribution in [0.15, 0.2) is 18.2 Å².